The van der Waals surface area contributed by atoms with Crippen LogP contribution in [0.5, 0.6) is 0 Å². The minimum Gasteiger partial charge on any atom is -0.477 e. The third kappa shape index (κ3) is 9.85. The maximum Gasteiger partial charge on any atom is 0.342 e. The molecule has 0 unspecified atom stereocenters. The van der Waals surface area contributed by atoms with Crippen molar-refractivity contribution < 1.29 is 9.90 Å². The highest BCUT2D eigenvalue weighted by molar-refractivity contribution is 5.87. The van der Waals surface area contributed by atoms with Crippen LogP contribution in [0.1, 0.15) is 51.9 Å². The molecule has 2 aromatic rings. The van der Waals surface area contributed by atoms with Crippen molar-refractivity contribution in [2.45, 2.75) is 48.1 Å². The monoisotopic (exact) mass is 373 g/mol. The fourth-order valence-electron chi connectivity index (χ4n) is 1.68. The van der Waals surface area contributed by atoms with E-state index in [0.717, 1.165) is 10.4 Å². The number of fused-ring (bicyclic) bond motifs is 1. The maximum atomic E-state index is 11.6. The zero-order valence-corrected chi connectivity index (χ0v) is 17.1. The summed E-state index contributed by atoms with van der Waals surface area (Å²) < 4.78 is 2.75. The number of terminal acetylenes is 1. The Hall–Kier alpha value is -3.07. The molecule has 1 N–H and O–H groups in total. The average molecular weight is 373 g/mol. The topological polar surface area (TPSA) is 76.6 Å². The molecular weight excluding hydrogens is 342 g/mol. The highest BCUT2D eigenvalue weighted by Gasteiger charge is 2.13. The molecule has 0 atom stereocenters. The van der Waals surface area contributed by atoms with Crippen LogP contribution in [0, 0.1) is 18.8 Å². The van der Waals surface area contributed by atoms with Gasteiger partial charge in [0, 0.05) is 18.8 Å². The number of carboxylic acid groups (broad SMARTS) is 1. The highest BCUT2D eigenvalue weighted by Crippen LogP contribution is 2.02. The molecule has 0 aliphatic heterocycles. The Labute approximate surface area is 161 Å². The number of hydrogen-bond donors (Lipinski definition) is 1. The Bertz CT molecular complexity index is 796. The fourth-order valence-corrected chi connectivity index (χ4v) is 1.68. The van der Waals surface area contributed by atoms with Crippen molar-refractivity contribution in [1.82, 2.24) is 14.2 Å². The third-order valence-corrected chi connectivity index (χ3v) is 2.69. The number of rotatable bonds is 3. The van der Waals surface area contributed by atoms with Gasteiger partial charge in [-0.1, -0.05) is 45.1 Å². The first-order valence-corrected chi connectivity index (χ1v) is 8.67. The number of aromatic carboxylic acids is 1. The number of nitrogens with zero attached hydrogens (tertiary/aromatic N) is 3. The standard InChI is InChI=1S/C9H9N3O3.C6H10.C4H10.C2H2/c1-2-11-5-6(9(14)15)8(13)12-7(11)3-4-10-12;1-3-5-6-4-2;1-4(2)3;1-2/h3-5H,2H2,1H3,(H,14,15);3-6H,1-2H3;4H,1-3H3;1-2H/b;5-3-,6-4-;;. The van der Waals surface area contributed by atoms with Crippen LogP contribution >= 0.6 is 0 Å². The van der Waals surface area contributed by atoms with Gasteiger partial charge in [0.2, 0.25) is 0 Å². The Morgan fingerprint density at radius 1 is 1.22 bits per heavy atom. The van der Waals surface area contributed by atoms with Crippen LogP contribution in [0.3, 0.4) is 0 Å². The van der Waals surface area contributed by atoms with Crippen molar-refractivity contribution >= 4 is 11.6 Å². The van der Waals surface area contributed by atoms with Gasteiger partial charge in [-0.3, -0.25) is 4.79 Å². The quantitative estimate of drug-likeness (QED) is 0.644. The van der Waals surface area contributed by atoms with Crippen molar-refractivity contribution in [3.63, 3.8) is 0 Å². The molecule has 0 amide bonds. The van der Waals surface area contributed by atoms with Crippen LogP contribution < -0.4 is 5.56 Å². The molecular formula is C21H31N3O3. The molecule has 0 aliphatic carbocycles. The SMILES string of the molecule is C#C.C/C=C\C=C/C.CC(C)C.CCn1cc(C(=O)O)c(=O)n2nccc12. The van der Waals surface area contributed by atoms with Gasteiger partial charge in [0.1, 0.15) is 11.2 Å². The molecule has 0 spiro atoms. The predicted octanol–water partition coefficient (Wildman–Crippen LogP) is 4.26. The Morgan fingerprint density at radius 2 is 1.70 bits per heavy atom. The van der Waals surface area contributed by atoms with E-state index in [1.807, 2.05) is 45.1 Å². The number of allylic oxidation sites excluding steroid dienone is 4. The molecule has 27 heavy (non-hydrogen) atoms. The van der Waals surface area contributed by atoms with Crippen LogP contribution in [0.25, 0.3) is 5.65 Å². The smallest absolute Gasteiger partial charge is 0.342 e. The Balaban J connectivity index is 0. The highest BCUT2D eigenvalue weighted by atomic mass is 16.4. The van der Waals surface area contributed by atoms with E-state index in [2.05, 4.69) is 38.7 Å². The second-order valence-corrected chi connectivity index (χ2v) is 5.82. The molecule has 148 valence electrons. The van der Waals surface area contributed by atoms with Crippen LogP contribution in [0.15, 0.2) is 47.6 Å². The lowest BCUT2D eigenvalue weighted by Gasteiger charge is -2.06. The molecule has 0 aliphatic rings. The first-order valence-electron chi connectivity index (χ1n) is 8.67. The molecule has 0 saturated carbocycles. The molecule has 0 fully saturated rings. The van der Waals surface area contributed by atoms with E-state index in [4.69, 9.17) is 5.11 Å². The zero-order chi connectivity index (χ0) is 21.4. The molecule has 2 aromatic heterocycles. The van der Waals surface area contributed by atoms with Gasteiger partial charge >= 0.3 is 5.97 Å². The number of aromatic nitrogens is 3. The predicted molar refractivity (Wildman–Crippen MR) is 112 cm³/mol. The second-order valence-electron chi connectivity index (χ2n) is 5.82. The van der Waals surface area contributed by atoms with Crippen LogP contribution in [-0.2, 0) is 6.54 Å². The first kappa shape index (κ1) is 26.2. The van der Waals surface area contributed by atoms with E-state index in [-0.39, 0.29) is 5.56 Å². The van der Waals surface area contributed by atoms with E-state index in [1.54, 1.807) is 10.6 Å². The van der Waals surface area contributed by atoms with Gasteiger partial charge in [-0.05, 0) is 26.7 Å². The minimum absolute atomic E-state index is 0.270. The summed E-state index contributed by atoms with van der Waals surface area (Å²) in [7, 11) is 0. The first-order chi connectivity index (χ1) is 12.8. The van der Waals surface area contributed by atoms with Crippen molar-refractivity contribution in [1.29, 1.82) is 0 Å². The van der Waals surface area contributed by atoms with Gasteiger partial charge in [0.15, 0.2) is 0 Å². The normalized spacial score (nSPS) is 9.96. The van der Waals surface area contributed by atoms with Gasteiger partial charge in [-0.2, -0.15) is 9.61 Å². The fraction of sp³-hybridized carbons (Fsp3) is 0.381. The lowest BCUT2D eigenvalue weighted by atomic mass is 10.3. The van der Waals surface area contributed by atoms with Crippen LogP contribution in [-0.4, -0.2) is 25.3 Å². The second kappa shape index (κ2) is 15.2. The number of hydrogen-bond acceptors (Lipinski definition) is 3. The van der Waals surface area contributed by atoms with E-state index in [1.165, 1.54) is 12.4 Å². The van der Waals surface area contributed by atoms with Crippen LogP contribution in [0.2, 0.25) is 0 Å². The summed E-state index contributed by atoms with van der Waals surface area (Å²) in [6.45, 7) is 12.9. The molecule has 2 heterocycles. The maximum absolute atomic E-state index is 11.6. The summed E-state index contributed by atoms with van der Waals surface area (Å²) in [5, 5.41) is 12.6. The molecule has 0 aromatic carbocycles. The summed E-state index contributed by atoms with van der Waals surface area (Å²) in [5.74, 6) is -0.403. The van der Waals surface area contributed by atoms with Crippen molar-refractivity contribution in [2.75, 3.05) is 0 Å². The van der Waals surface area contributed by atoms with Crippen molar-refractivity contribution in [3.05, 3.63) is 58.7 Å². The molecule has 6 heteroatoms. The van der Waals surface area contributed by atoms with E-state index in [0.29, 0.717) is 12.2 Å². The van der Waals surface area contributed by atoms with Gasteiger partial charge in [0.05, 0.1) is 6.20 Å². The summed E-state index contributed by atoms with van der Waals surface area (Å²) >= 11 is 0. The van der Waals surface area contributed by atoms with E-state index < -0.39 is 11.5 Å². The van der Waals surface area contributed by atoms with E-state index in [9.17, 15) is 9.59 Å². The van der Waals surface area contributed by atoms with E-state index >= 15 is 0 Å². The summed E-state index contributed by atoms with van der Waals surface area (Å²) in [6, 6.07) is 1.66. The number of carboxylic acids is 1. The summed E-state index contributed by atoms with van der Waals surface area (Å²) in [4.78, 5) is 22.4. The number of aryl methyl sites for hydroxylation is 1. The molecule has 0 radical (unpaired) electrons. The van der Waals surface area contributed by atoms with Gasteiger partial charge in [0.25, 0.3) is 5.56 Å². The molecule has 6 nitrogen and oxygen atoms in total. The summed E-state index contributed by atoms with van der Waals surface area (Å²) in [5.41, 5.74) is -0.284. The molecule has 0 saturated heterocycles. The lowest BCUT2D eigenvalue weighted by molar-refractivity contribution is 0.0693. The molecule has 0 bridgehead atoms. The lowest BCUT2D eigenvalue weighted by Crippen LogP contribution is -2.25. The Morgan fingerprint density at radius 3 is 2.07 bits per heavy atom. The largest absolute Gasteiger partial charge is 0.477 e. The van der Waals surface area contributed by atoms with Crippen molar-refractivity contribution in [3.8, 4) is 12.8 Å². The minimum atomic E-state index is -1.24. The summed E-state index contributed by atoms with van der Waals surface area (Å²) in [6.07, 6.45) is 18.8. The van der Waals surface area contributed by atoms with Gasteiger partial charge in [-0.15, -0.1) is 12.8 Å². The van der Waals surface area contributed by atoms with Crippen LogP contribution in [0.4, 0.5) is 0 Å². The zero-order valence-electron chi connectivity index (χ0n) is 17.1. The third-order valence-electron chi connectivity index (χ3n) is 2.69. The van der Waals surface area contributed by atoms with Crippen molar-refractivity contribution in [2.24, 2.45) is 5.92 Å². The average Bonchev–Trinajstić information content (AvgIpc) is 3.12. The Kier molecular flexibility index (Phi) is 14.7. The van der Waals surface area contributed by atoms with Gasteiger partial charge < -0.3 is 9.67 Å². The number of carbonyl (C=O) groups is 1. The molecule has 2 rings (SSSR count). The van der Waals surface area contributed by atoms with Gasteiger partial charge in [-0.25, -0.2) is 4.79 Å².